The molecule has 2 saturated heterocycles. The van der Waals surface area contributed by atoms with Crippen molar-refractivity contribution in [2.24, 2.45) is 11.8 Å². The Hall–Kier alpha value is -3.10. The molecule has 13 heteroatoms. The number of nitro benzene ring substituents is 1. The van der Waals surface area contributed by atoms with E-state index in [1.807, 2.05) is 44.2 Å². The van der Waals surface area contributed by atoms with Crippen LogP contribution in [0.5, 0.6) is 0 Å². The first-order valence-corrected chi connectivity index (χ1v) is 14.7. The molecule has 2 aliphatic heterocycles. The van der Waals surface area contributed by atoms with Crippen LogP contribution in [0.2, 0.25) is 0 Å². The minimum Gasteiger partial charge on any atom is -0.443 e. The molecular weight excluding hydrogens is 542 g/mol. The van der Waals surface area contributed by atoms with Crippen molar-refractivity contribution in [1.82, 2.24) is 9.62 Å². The Labute approximate surface area is 233 Å². The van der Waals surface area contributed by atoms with E-state index in [4.69, 9.17) is 14.2 Å². The number of fused-ring (bicyclic) bond motifs is 1. The summed E-state index contributed by atoms with van der Waals surface area (Å²) >= 11 is 0. The summed E-state index contributed by atoms with van der Waals surface area (Å²) in [7, 11) is -4.12. The molecule has 0 unspecified atom stereocenters. The fraction of sp³-hybridized carbons (Fsp3) is 0.519. The second-order valence-electron chi connectivity index (χ2n) is 10.4. The normalized spacial score (nSPS) is 22.2. The van der Waals surface area contributed by atoms with E-state index in [1.165, 1.54) is 12.1 Å². The second-order valence-corrected chi connectivity index (χ2v) is 12.4. The molecule has 4 rings (SSSR count). The molecule has 0 spiro atoms. The van der Waals surface area contributed by atoms with Crippen LogP contribution >= 0.6 is 0 Å². The number of amides is 1. The van der Waals surface area contributed by atoms with Crippen molar-refractivity contribution < 1.29 is 37.5 Å². The number of carbonyl (C=O) groups excluding carboxylic acids is 1. The van der Waals surface area contributed by atoms with E-state index < -0.39 is 45.6 Å². The number of carbonyl (C=O) groups is 1. The standard InChI is InChI=1S/C27H35N3O9S/c1-18(2)15-29(40(35,36)21-10-8-20(9-11-21)30(33)34)16-24(31)23(14-19-6-4-3-5-7-19)28-27(32)39-25-17-38-26-22(25)12-13-37-26/h3-11,18,22-26,31H,12-17H2,1-2H3,(H,28,32)/t22-,23+,24-,25-,26+/m1/s1. The quantitative estimate of drug-likeness (QED) is 0.286. The van der Waals surface area contributed by atoms with Gasteiger partial charge >= 0.3 is 6.09 Å². The first kappa shape index (κ1) is 29.9. The number of benzene rings is 2. The third kappa shape index (κ3) is 7.34. The first-order chi connectivity index (χ1) is 19.0. The summed E-state index contributed by atoms with van der Waals surface area (Å²) in [6.07, 6.45) is -1.99. The highest BCUT2D eigenvalue weighted by atomic mass is 32.2. The number of alkyl carbamates (subject to hydrolysis) is 1. The van der Waals surface area contributed by atoms with Gasteiger partial charge in [-0.15, -0.1) is 0 Å². The van der Waals surface area contributed by atoms with Gasteiger partial charge in [-0.05, 0) is 36.5 Å². The summed E-state index contributed by atoms with van der Waals surface area (Å²) in [5.74, 6) is -0.147. The lowest BCUT2D eigenvalue weighted by atomic mass is 10.0. The summed E-state index contributed by atoms with van der Waals surface area (Å²) in [6.45, 7) is 4.18. The molecule has 0 aromatic heterocycles. The van der Waals surface area contributed by atoms with Crippen molar-refractivity contribution in [3.05, 3.63) is 70.3 Å². The summed E-state index contributed by atoms with van der Waals surface area (Å²) in [6, 6.07) is 12.9. The molecule has 5 atom stereocenters. The highest BCUT2D eigenvalue weighted by Crippen LogP contribution is 2.33. The number of hydrogen-bond donors (Lipinski definition) is 2. The highest BCUT2D eigenvalue weighted by molar-refractivity contribution is 7.89. The minimum atomic E-state index is -4.12. The van der Waals surface area contributed by atoms with Gasteiger partial charge in [-0.1, -0.05) is 44.2 Å². The lowest BCUT2D eigenvalue weighted by Crippen LogP contribution is -2.51. The van der Waals surface area contributed by atoms with Crippen LogP contribution in [0.4, 0.5) is 10.5 Å². The van der Waals surface area contributed by atoms with Gasteiger partial charge in [0.1, 0.15) is 6.10 Å². The number of nitrogens with zero attached hydrogens (tertiary/aromatic N) is 2. The van der Waals surface area contributed by atoms with E-state index >= 15 is 0 Å². The van der Waals surface area contributed by atoms with Gasteiger partial charge in [0.2, 0.25) is 10.0 Å². The Morgan fingerprint density at radius 3 is 2.50 bits per heavy atom. The third-order valence-corrected chi connectivity index (χ3v) is 8.80. The Bertz CT molecular complexity index is 1260. The second kappa shape index (κ2) is 13.0. The molecule has 2 aliphatic rings. The highest BCUT2D eigenvalue weighted by Gasteiger charge is 2.44. The number of sulfonamides is 1. The maximum Gasteiger partial charge on any atom is 0.407 e. The minimum absolute atomic E-state index is 0.0587. The lowest BCUT2D eigenvalue weighted by Gasteiger charge is -2.31. The molecule has 0 bridgehead atoms. The van der Waals surface area contributed by atoms with Crippen LogP contribution in [0.15, 0.2) is 59.5 Å². The fourth-order valence-corrected chi connectivity index (χ4v) is 6.55. The molecule has 2 fully saturated rings. The maximum atomic E-state index is 13.5. The van der Waals surface area contributed by atoms with Gasteiger partial charge < -0.3 is 24.6 Å². The number of ether oxygens (including phenoxy) is 3. The van der Waals surface area contributed by atoms with Gasteiger partial charge in [0.05, 0.1) is 41.1 Å². The van der Waals surface area contributed by atoms with Crippen molar-refractivity contribution in [3.63, 3.8) is 0 Å². The largest absolute Gasteiger partial charge is 0.443 e. The molecule has 2 N–H and O–H groups in total. The number of nitrogens with one attached hydrogen (secondary N) is 1. The Balaban J connectivity index is 1.51. The Morgan fingerprint density at radius 2 is 1.85 bits per heavy atom. The number of rotatable bonds is 12. The SMILES string of the molecule is CC(C)CN(C[C@@H](O)[C@H](Cc1ccccc1)NC(=O)O[C@@H]1CO[C@@H]2OCC[C@@H]21)S(=O)(=O)c1ccc([N+](=O)[O-])cc1. The molecule has 0 aliphatic carbocycles. The van der Waals surface area contributed by atoms with E-state index in [1.54, 1.807) is 0 Å². The van der Waals surface area contributed by atoms with Gasteiger partial charge in [0.25, 0.3) is 5.69 Å². The molecule has 2 aromatic rings. The maximum absolute atomic E-state index is 13.5. The van der Waals surface area contributed by atoms with Crippen molar-refractivity contribution >= 4 is 21.8 Å². The average Bonchev–Trinajstić information content (AvgIpc) is 3.53. The van der Waals surface area contributed by atoms with E-state index in [0.29, 0.717) is 13.0 Å². The van der Waals surface area contributed by atoms with E-state index in [0.717, 1.165) is 22.0 Å². The predicted octanol–water partition coefficient (Wildman–Crippen LogP) is 2.70. The van der Waals surface area contributed by atoms with Crippen LogP contribution < -0.4 is 5.32 Å². The van der Waals surface area contributed by atoms with Crippen molar-refractivity contribution in [3.8, 4) is 0 Å². The molecule has 0 radical (unpaired) electrons. The number of nitro groups is 1. The van der Waals surface area contributed by atoms with Crippen molar-refractivity contribution in [2.45, 2.75) is 56.1 Å². The van der Waals surface area contributed by atoms with Gasteiger partial charge in [0.15, 0.2) is 6.29 Å². The molecule has 0 saturated carbocycles. The predicted molar refractivity (Wildman–Crippen MR) is 144 cm³/mol. The zero-order chi connectivity index (χ0) is 28.9. The van der Waals surface area contributed by atoms with Crippen LogP contribution in [-0.4, -0.2) is 79.7 Å². The number of hydrogen-bond acceptors (Lipinski definition) is 9. The summed E-state index contributed by atoms with van der Waals surface area (Å²) in [4.78, 5) is 23.2. The van der Waals surface area contributed by atoms with Crippen molar-refractivity contribution in [1.29, 1.82) is 0 Å². The van der Waals surface area contributed by atoms with Gasteiger partial charge in [0, 0.05) is 25.2 Å². The smallest absolute Gasteiger partial charge is 0.407 e. The summed E-state index contributed by atoms with van der Waals surface area (Å²) in [5, 5.41) is 25.1. The summed E-state index contributed by atoms with van der Waals surface area (Å²) in [5.41, 5.74) is 0.595. The zero-order valence-corrected chi connectivity index (χ0v) is 23.2. The lowest BCUT2D eigenvalue weighted by molar-refractivity contribution is -0.384. The zero-order valence-electron chi connectivity index (χ0n) is 22.4. The van der Waals surface area contributed by atoms with Crippen LogP contribution in [0, 0.1) is 22.0 Å². The third-order valence-electron chi connectivity index (χ3n) is 6.95. The summed E-state index contributed by atoms with van der Waals surface area (Å²) < 4.78 is 44.8. The number of aliphatic hydroxyl groups excluding tert-OH is 1. The van der Waals surface area contributed by atoms with E-state index in [2.05, 4.69) is 5.32 Å². The van der Waals surface area contributed by atoms with Crippen molar-refractivity contribution in [2.75, 3.05) is 26.3 Å². The molecule has 218 valence electrons. The van der Waals surface area contributed by atoms with E-state index in [-0.39, 0.29) is 48.5 Å². The first-order valence-electron chi connectivity index (χ1n) is 13.2. The van der Waals surface area contributed by atoms with Crippen LogP contribution in [-0.2, 0) is 30.7 Å². The topological polar surface area (TPSA) is 158 Å². The van der Waals surface area contributed by atoms with Crippen LogP contribution in [0.3, 0.4) is 0 Å². The molecule has 12 nitrogen and oxygen atoms in total. The monoisotopic (exact) mass is 577 g/mol. The number of aliphatic hydroxyl groups is 1. The number of non-ortho nitro benzene ring substituents is 1. The van der Waals surface area contributed by atoms with Crippen LogP contribution in [0.25, 0.3) is 0 Å². The van der Waals surface area contributed by atoms with Gasteiger partial charge in [-0.3, -0.25) is 10.1 Å². The Kier molecular flexibility index (Phi) is 9.74. The van der Waals surface area contributed by atoms with Crippen LogP contribution in [0.1, 0.15) is 25.8 Å². The average molecular weight is 578 g/mol. The van der Waals surface area contributed by atoms with Gasteiger partial charge in [-0.2, -0.15) is 4.31 Å². The van der Waals surface area contributed by atoms with Gasteiger partial charge in [-0.25, -0.2) is 13.2 Å². The van der Waals surface area contributed by atoms with E-state index in [9.17, 15) is 28.4 Å². The Morgan fingerprint density at radius 1 is 1.15 bits per heavy atom. The molecule has 40 heavy (non-hydrogen) atoms. The fourth-order valence-electron chi connectivity index (χ4n) is 4.92. The molecule has 2 aromatic carbocycles. The molecule has 1 amide bonds. The molecule has 2 heterocycles. The molecular formula is C27H35N3O9S.